The van der Waals surface area contributed by atoms with Crippen LogP contribution in [-0.2, 0) is 0 Å². The standard InChI is InChI=1S/C16H26ClN3O/c1-11(2)20-16(21)15(17)14(10-19-20)18-8-7-13-6-4-5-12(3)9-13/h10-13,18H,4-9H2,1-3H3. The van der Waals surface area contributed by atoms with Gasteiger partial charge in [-0.1, -0.05) is 37.8 Å². The number of hydrogen-bond donors (Lipinski definition) is 1. The summed E-state index contributed by atoms with van der Waals surface area (Å²) in [6.45, 7) is 7.03. The largest absolute Gasteiger partial charge is 0.382 e. The van der Waals surface area contributed by atoms with Gasteiger partial charge in [-0.3, -0.25) is 4.79 Å². The molecule has 0 aliphatic heterocycles. The third-order valence-electron chi connectivity index (χ3n) is 4.35. The van der Waals surface area contributed by atoms with E-state index in [0.717, 1.165) is 24.8 Å². The Morgan fingerprint density at radius 1 is 1.48 bits per heavy atom. The Labute approximate surface area is 131 Å². The normalized spacial score (nSPS) is 22.5. The summed E-state index contributed by atoms with van der Waals surface area (Å²) >= 11 is 6.15. The smallest absolute Gasteiger partial charge is 0.287 e. The number of nitrogens with one attached hydrogen (secondary N) is 1. The van der Waals surface area contributed by atoms with E-state index in [9.17, 15) is 4.79 Å². The Kier molecular flexibility index (Phi) is 5.68. The summed E-state index contributed by atoms with van der Waals surface area (Å²) in [6, 6.07) is 0.0211. The second-order valence-electron chi connectivity index (χ2n) is 6.57. The van der Waals surface area contributed by atoms with Crippen LogP contribution in [0.2, 0.25) is 5.02 Å². The zero-order chi connectivity index (χ0) is 15.4. The summed E-state index contributed by atoms with van der Waals surface area (Å²) in [4.78, 5) is 12.1. The highest BCUT2D eigenvalue weighted by molar-refractivity contribution is 6.32. The minimum Gasteiger partial charge on any atom is -0.382 e. The highest BCUT2D eigenvalue weighted by Gasteiger charge is 2.18. The monoisotopic (exact) mass is 311 g/mol. The number of halogens is 1. The molecule has 0 radical (unpaired) electrons. The maximum atomic E-state index is 12.1. The Bertz CT molecular complexity index is 527. The first-order valence-electron chi connectivity index (χ1n) is 8.00. The van der Waals surface area contributed by atoms with Crippen LogP contribution in [0.5, 0.6) is 0 Å². The van der Waals surface area contributed by atoms with E-state index in [1.165, 1.54) is 30.4 Å². The van der Waals surface area contributed by atoms with E-state index in [4.69, 9.17) is 11.6 Å². The van der Waals surface area contributed by atoms with Crippen molar-refractivity contribution < 1.29 is 0 Å². The van der Waals surface area contributed by atoms with Crippen LogP contribution in [0.3, 0.4) is 0 Å². The van der Waals surface area contributed by atoms with Gasteiger partial charge in [0.05, 0.1) is 17.9 Å². The van der Waals surface area contributed by atoms with Crippen LogP contribution < -0.4 is 10.9 Å². The minimum atomic E-state index is -0.219. The topological polar surface area (TPSA) is 46.9 Å². The summed E-state index contributed by atoms with van der Waals surface area (Å²) in [6.07, 6.45) is 8.16. The van der Waals surface area contributed by atoms with Crippen molar-refractivity contribution >= 4 is 17.3 Å². The molecule has 0 spiro atoms. The molecule has 1 heterocycles. The Morgan fingerprint density at radius 3 is 2.90 bits per heavy atom. The van der Waals surface area contributed by atoms with Crippen LogP contribution in [0.15, 0.2) is 11.0 Å². The summed E-state index contributed by atoms with van der Waals surface area (Å²) in [7, 11) is 0. The maximum Gasteiger partial charge on any atom is 0.287 e. The average Bonchev–Trinajstić information content (AvgIpc) is 2.43. The fourth-order valence-electron chi connectivity index (χ4n) is 3.17. The molecule has 1 aliphatic carbocycles. The minimum absolute atomic E-state index is 0.0211. The molecule has 1 aliphatic rings. The van der Waals surface area contributed by atoms with Crippen LogP contribution in [0.25, 0.3) is 0 Å². The van der Waals surface area contributed by atoms with Gasteiger partial charge in [0.2, 0.25) is 0 Å². The molecule has 0 aromatic carbocycles. The first kappa shape index (κ1) is 16.3. The molecule has 0 saturated heterocycles. The van der Waals surface area contributed by atoms with Crippen molar-refractivity contribution in [1.82, 2.24) is 9.78 Å². The van der Waals surface area contributed by atoms with E-state index < -0.39 is 0 Å². The van der Waals surface area contributed by atoms with E-state index in [1.54, 1.807) is 6.20 Å². The first-order valence-corrected chi connectivity index (χ1v) is 8.38. The van der Waals surface area contributed by atoms with Gasteiger partial charge in [0.15, 0.2) is 0 Å². The van der Waals surface area contributed by atoms with E-state index in [2.05, 4.69) is 17.3 Å². The predicted octanol–water partition coefficient (Wildman–Crippen LogP) is 4.11. The predicted molar refractivity (Wildman–Crippen MR) is 88.1 cm³/mol. The summed E-state index contributed by atoms with van der Waals surface area (Å²) < 4.78 is 1.41. The zero-order valence-corrected chi connectivity index (χ0v) is 14.0. The van der Waals surface area contributed by atoms with Crippen molar-refractivity contribution in [2.75, 3.05) is 11.9 Å². The number of nitrogens with zero attached hydrogens (tertiary/aromatic N) is 2. The van der Waals surface area contributed by atoms with Gasteiger partial charge in [-0.25, -0.2) is 4.68 Å². The molecule has 118 valence electrons. The van der Waals surface area contributed by atoms with Gasteiger partial charge in [-0.05, 0) is 38.5 Å². The summed E-state index contributed by atoms with van der Waals surface area (Å²) in [5.41, 5.74) is 0.436. The lowest BCUT2D eigenvalue weighted by Gasteiger charge is -2.26. The molecule has 2 atom stereocenters. The van der Waals surface area contributed by atoms with Crippen molar-refractivity contribution in [3.63, 3.8) is 0 Å². The van der Waals surface area contributed by atoms with E-state index in [-0.39, 0.29) is 16.6 Å². The number of anilines is 1. The molecule has 1 fully saturated rings. The van der Waals surface area contributed by atoms with Gasteiger partial charge in [-0.15, -0.1) is 0 Å². The van der Waals surface area contributed by atoms with Crippen molar-refractivity contribution in [3.8, 4) is 0 Å². The summed E-state index contributed by atoms with van der Waals surface area (Å²) in [5, 5.41) is 7.69. The van der Waals surface area contributed by atoms with Crippen molar-refractivity contribution in [2.24, 2.45) is 11.8 Å². The van der Waals surface area contributed by atoms with Crippen LogP contribution in [0.1, 0.15) is 58.9 Å². The highest BCUT2D eigenvalue weighted by Crippen LogP contribution is 2.30. The maximum absolute atomic E-state index is 12.1. The lowest BCUT2D eigenvalue weighted by molar-refractivity contribution is 0.274. The first-order chi connectivity index (χ1) is 9.99. The van der Waals surface area contributed by atoms with Gasteiger partial charge < -0.3 is 5.32 Å². The van der Waals surface area contributed by atoms with Gasteiger partial charge in [0, 0.05) is 6.54 Å². The van der Waals surface area contributed by atoms with Crippen molar-refractivity contribution in [2.45, 2.75) is 58.9 Å². The SMILES string of the molecule is CC1CCCC(CCNc2cnn(C(C)C)c(=O)c2Cl)C1. The van der Waals surface area contributed by atoms with Crippen LogP contribution >= 0.6 is 11.6 Å². The Balaban J connectivity index is 1.92. The van der Waals surface area contributed by atoms with Crippen LogP contribution in [0, 0.1) is 11.8 Å². The molecular formula is C16H26ClN3O. The molecule has 1 aromatic rings. The van der Waals surface area contributed by atoms with Crippen molar-refractivity contribution in [1.29, 1.82) is 0 Å². The van der Waals surface area contributed by atoms with Gasteiger partial charge in [0.25, 0.3) is 5.56 Å². The van der Waals surface area contributed by atoms with Gasteiger partial charge in [-0.2, -0.15) is 5.10 Å². The van der Waals surface area contributed by atoms with Crippen LogP contribution in [-0.4, -0.2) is 16.3 Å². The molecule has 0 bridgehead atoms. The zero-order valence-electron chi connectivity index (χ0n) is 13.2. The molecule has 1 N–H and O–H groups in total. The van der Waals surface area contributed by atoms with E-state index in [1.807, 2.05) is 13.8 Å². The fourth-order valence-corrected chi connectivity index (χ4v) is 3.37. The second-order valence-corrected chi connectivity index (χ2v) is 6.95. The number of rotatable bonds is 5. The average molecular weight is 312 g/mol. The van der Waals surface area contributed by atoms with Crippen molar-refractivity contribution in [3.05, 3.63) is 21.6 Å². The van der Waals surface area contributed by atoms with E-state index >= 15 is 0 Å². The molecule has 2 rings (SSSR count). The second kappa shape index (κ2) is 7.30. The molecule has 21 heavy (non-hydrogen) atoms. The molecule has 1 saturated carbocycles. The number of aromatic nitrogens is 2. The fraction of sp³-hybridized carbons (Fsp3) is 0.750. The highest BCUT2D eigenvalue weighted by atomic mass is 35.5. The molecule has 4 nitrogen and oxygen atoms in total. The Hall–Kier alpha value is -1.03. The summed E-state index contributed by atoms with van der Waals surface area (Å²) in [5.74, 6) is 1.65. The van der Waals surface area contributed by atoms with Gasteiger partial charge in [0.1, 0.15) is 5.02 Å². The Morgan fingerprint density at radius 2 is 2.24 bits per heavy atom. The lowest BCUT2D eigenvalue weighted by Crippen LogP contribution is -2.26. The molecule has 5 heteroatoms. The molecule has 2 unspecified atom stereocenters. The van der Waals surface area contributed by atoms with E-state index in [0.29, 0.717) is 5.69 Å². The number of hydrogen-bond acceptors (Lipinski definition) is 3. The quantitative estimate of drug-likeness (QED) is 0.890. The lowest BCUT2D eigenvalue weighted by atomic mass is 9.81. The molecule has 0 amide bonds. The van der Waals surface area contributed by atoms with Gasteiger partial charge >= 0.3 is 0 Å². The third kappa shape index (κ3) is 4.22. The molecular weight excluding hydrogens is 286 g/mol. The molecule has 1 aromatic heterocycles. The third-order valence-corrected chi connectivity index (χ3v) is 4.71. The van der Waals surface area contributed by atoms with Crippen LogP contribution in [0.4, 0.5) is 5.69 Å².